The predicted molar refractivity (Wildman–Crippen MR) is 170 cm³/mol. The van der Waals surface area contributed by atoms with E-state index < -0.39 is 11.7 Å². The minimum absolute atomic E-state index is 0.181. The predicted octanol–water partition coefficient (Wildman–Crippen LogP) is 8.52. The number of carbonyl (C=O) groups excluding carboxylic acids is 3. The van der Waals surface area contributed by atoms with E-state index in [2.05, 4.69) is 52.4 Å². The second kappa shape index (κ2) is 17.4. The first-order valence-corrected chi connectivity index (χ1v) is 14.3. The highest BCUT2D eigenvalue weighted by atomic mass is 79.9. The first-order valence-electron chi connectivity index (χ1n) is 13.1. The summed E-state index contributed by atoms with van der Waals surface area (Å²) >= 11 is 3.39. The SMILES string of the molecule is CC(C)(C)OC(=O)Nc1cccc(COc2ccc(C=O)cc2)c1.Cc1cccc(CBr)c1.O=Cc1ccc(O)cc1. The van der Waals surface area contributed by atoms with Crippen molar-refractivity contribution in [1.29, 1.82) is 0 Å². The number of phenols is 1. The zero-order valence-corrected chi connectivity index (χ0v) is 25.8. The van der Waals surface area contributed by atoms with E-state index in [1.165, 1.54) is 23.3 Å². The van der Waals surface area contributed by atoms with Crippen molar-refractivity contribution in [3.63, 3.8) is 0 Å². The summed E-state index contributed by atoms with van der Waals surface area (Å²) in [5.41, 5.74) is 4.85. The van der Waals surface area contributed by atoms with Crippen molar-refractivity contribution in [2.75, 3.05) is 5.32 Å². The molecule has 0 bridgehead atoms. The molecule has 2 N–H and O–H groups in total. The van der Waals surface area contributed by atoms with Crippen LogP contribution in [0.25, 0.3) is 0 Å². The molecule has 0 atom stereocenters. The van der Waals surface area contributed by atoms with Gasteiger partial charge in [-0.05, 0) is 99.5 Å². The van der Waals surface area contributed by atoms with Crippen LogP contribution in [0.4, 0.5) is 10.5 Å². The zero-order chi connectivity index (χ0) is 31.0. The summed E-state index contributed by atoms with van der Waals surface area (Å²) < 4.78 is 10.9. The summed E-state index contributed by atoms with van der Waals surface area (Å²) in [5.74, 6) is 0.853. The van der Waals surface area contributed by atoms with Crippen LogP contribution in [0.5, 0.6) is 11.5 Å². The Morgan fingerprint density at radius 3 is 1.93 bits per heavy atom. The number of nitrogens with one attached hydrogen (secondary N) is 1. The Kier molecular flexibility index (Phi) is 14.0. The fourth-order valence-electron chi connectivity index (χ4n) is 3.32. The summed E-state index contributed by atoms with van der Waals surface area (Å²) in [6.45, 7) is 7.89. The number of amides is 1. The lowest BCUT2D eigenvalue weighted by Gasteiger charge is -2.19. The van der Waals surface area contributed by atoms with Crippen LogP contribution in [0.15, 0.2) is 97.1 Å². The van der Waals surface area contributed by atoms with E-state index in [1.54, 1.807) is 42.5 Å². The standard InChI is InChI=1S/C19H21NO4.C8H9Br.C7H6O2/c1-19(2,3)24-18(22)20-16-6-4-5-15(11-16)13-23-17-9-7-14(12-21)8-10-17;1-7-3-2-4-8(5-7)6-9;8-5-6-1-3-7(9)4-2-6/h4-12H,13H2,1-3H3,(H,20,22);2-5H,6H2,1H3;1-5,9H. The molecule has 4 rings (SSSR count). The maximum atomic E-state index is 11.8. The van der Waals surface area contributed by atoms with Gasteiger partial charge in [-0.25, -0.2) is 4.79 Å². The molecule has 0 aliphatic carbocycles. The minimum atomic E-state index is -0.543. The van der Waals surface area contributed by atoms with E-state index in [4.69, 9.17) is 14.6 Å². The summed E-state index contributed by atoms with van der Waals surface area (Å²) in [6.07, 6.45) is 1.03. The molecule has 0 unspecified atom stereocenters. The number of aromatic hydroxyl groups is 1. The second-order valence-electron chi connectivity index (χ2n) is 10.1. The molecule has 0 aliphatic rings. The zero-order valence-electron chi connectivity index (χ0n) is 24.2. The van der Waals surface area contributed by atoms with Gasteiger partial charge in [0.15, 0.2) is 0 Å². The normalized spacial score (nSPS) is 10.1. The number of alkyl halides is 1. The first-order chi connectivity index (χ1) is 20.0. The molecular formula is C34H36BrNO6. The van der Waals surface area contributed by atoms with Crippen LogP contribution in [0.1, 0.15) is 58.2 Å². The van der Waals surface area contributed by atoms with E-state index in [1.807, 2.05) is 39.0 Å². The first kappa shape index (κ1) is 33.8. The number of halogens is 1. The van der Waals surface area contributed by atoms with E-state index >= 15 is 0 Å². The molecule has 0 heterocycles. The average molecular weight is 635 g/mol. The van der Waals surface area contributed by atoms with Crippen molar-refractivity contribution in [2.45, 2.75) is 45.2 Å². The lowest BCUT2D eigenvalue weighted by Crippen LogP contribution is -2.27. The van der Waals surface area contributed by atoms with Crippen LogP contribution in [-0.4, -0.2) is 29.4 Å². The van der Waals surface area contributed by atoms with Crippen LogP contribution >= 0.6 is 15.9 Å². The third-order valence-corrected chi connectivity index (χ3v) is 5.91. The van der Waals surface area contributed by atoms with Crippen molar-refractivity contribution in [1.82, 2.24) is 0 Å². The maximum absolute atomic E-state index is 11.8. The van der Waals surface area contributed by atoms with Gasteiger partial charge in [0.2, 0.25) is 0 Å². The van der Waals surface area contributed by atoms with Gasteiger partial charge in [-0.2, -0.15) is 0 Å². The maximum Gasteiger partial charge on any atom is 0.412 e. The highest BCUT2D eigenvalue weighted by molar-refractivity contribution is 9.08. The van der Waals surface area contributed by atoms with E-state index in [0.717, 1.165) is 23.5 Å². The minimum Gasteiger partial charge on any atom is -0.508 e. The van der Waals surface area contributed by atoms with Crippen molar-refractivity contribution in [3.05, 3.63) is 125 Å². The number of hydrogen-bond acceptors (Lipinski definition) is 6. The molecule has 8 heteroatoms. The monoisotopic (exact) mass is 633 g/mol. The number of aryl methyl sites for hydroxylation is 1. The van der Waals surface area contributed by atoms with Gasteiger partial charge in [0, 0.05) is 22.1 Å². The van der Waals surface area contributed by atoms with Gasteiger partial charge in [-0.3, -0.25) is 14.9 Å². The number of hydrogen-bond donors (Lipinski definition) is 2. The van der Waals surface area contributed by atoms with Gasteiger partial charge in [-0.1, -0.05) is 57.9 Å². The topological polar surface area (TPSA) is 102 Å². The van der Waals surface area contributed by atoms with E-state index in [9.17, 15) is 14.4 Å². The molecule has 7 nitrogen and oxygen atoms in total. The highest BCUT2D eigenvalue weighted by Gasteiger charge is 2.16. The fraction of sp³-hybridized carbons (Fsp3) is 0.206. The molecule has 4 aromatic rings. The van der Waals surface area contributed by atoms with Crippen molar-refractivity contribution in [2.24, 2.45) is 0 Å². The van der Waals surface area contributed by atoms with Crippen LogP contribution < -0.4 is 10.1 Å². The Hall–Kier alpha value is -4.43. The van der Waals surface area contributed by atoms with Gasteiger partial charge in [-0.15, -0.1) is 0 Å². The number of phenolic OH excluding ortho intramolecular Hbond substituents is 1. The molecule has 1 amide bonds. The molecule has 0 fully saturated rings. The van der Waals surface area contributed by atoms with Crippen LogP contribution in [-0.2, 0) is 16.7 Å². The van der Waals surface area contributed by atoms with Gasteiger partial charge in [0.05, 0.1) is 0 Å². The van der Waals surface area contributed by atoms with Crippen molar-refractivity contribution >= 4 is 40.3 Å². The number of aldehydes is 2. The Balaban J connectivity index is 0.000000277. The Morgan fingerprint density at radius 1 is 0.833 bits per heavy atom. The average Bonchev–Trinajstić information content (AvgIpc) is 2.96. The summed E-state index contributed by atoms with van der Waals surface area (Å²) in [4.78, 5) is 32.4. The second-order valence-corrected chi connectivity index (χ2v) is 10.7. The van der Waals surface area contributed by atoms with Gasteiger partial charge < -0.3 is 14.6 Å². The number of rotatable bonds is 7. The van der Waals surface area contributed by atoms with Crippen molar-refractivity contribution < 1.29 is 29.0 Å². The molecule has 0 saturated carbocycles. The summed E-state index contributed by atoms with van der Waals surface area (Å²) in [7, 11) is 0. The molecule has 0 spiro atoms. The van der Waals surface area contributed by atoms with Crippen LogP contribution in [0.3, 0.4) is 0 Å². The van der Waals surface area contributed by atoms with Gasteiger partial charge in [0.25, 0.3) is 0 Å². The van der Waals surface area contributed by atoms with Crippen molar-refractivity contribution in [3.8, 4) is 11.5 Å². The van der Waals surface area contributed by atoms with E-state index in [-0.39, 0.29) is 5.75 Å². The van der Waals surface area contributed by atoms with E-state index in [0.29, 0.717) is 29.2 Å². The lowest BCUT2D eigenvalue weighted by molar-refractivity contribution is 0.0635. The number of carbonyl (C=O) groups is 3. The number of benzene rings is 4. The highest BCUT2D eigenvalue weighted by Crippen LogP contribution is 2.17. The molecule has 0 aliphatic heterocycles. The quantitative estimate of drug-likeness (QED) is 0.156. The molecular weight excluding hydrogens is 598 g/mol. The number of ether oxygens (including phenoxy) is 2. The fourth-order valence-corrected chi connectivity index (χ4v) is 3.67. The summed E-state index contributed by atoms with van der Waals surface area (Å²) in [6, 6.07) is 28.8. The van der Waals surface area contributed by atoms with Gasteiger partial charge >= 0.3 is 6.09 Å². The third kappa shape index (κ3) is 13.8. The Morgan fingerprint density at radius 2 is 1.40 bits per heavy atom. The Labute approximate surface area is 255 Å². The van der Waals surface area contributed by atoms with Crippen LogP contribution in [0.2, 0.25) is 0 Å². The molecule has 0 aromatic heterocycles. The largest absolute Gasteiger partial charge is 0.508 e. The molecule has 42 heavy (non-hydrogen) atoms. The summed E-state index contributed by atoms with van der Waals surface area (Å²) in [5, 5.41) is 12.4. The molecule has 0 radical (unpaired) electrons. The molecule has 220 valence electrons. The third-order valence-electron chi connectivity index (χ3n) is 5.26. The smallest absolute Gasteiger partial charge is 0.412 e. The lowest BCUT2D eigenvalue weighted by atomic mass is 10.2. The Bertz CT molecular complexity index is 1410. The van der Waals surface area contributed by atoms with Crippen LogP contribution in [0, 0.1) is 6.92 Å². The molecule has 0 saturated heterocycles. The number of anilines is 1. The molecule has 4 aromatic carbocycles. The van der Waals surface area contributed by atoms with Gasteiger partial charge in [0.1, 0.15) is 36.3 Å².